The van der Waals surface area contributed by atoms with E-state index in [1.807, 2.05) is 0 Å². The van der Waals surface area contributed by atoms with E-state index in [0.717, 1.165) is 23.0 Å². The number of carbonyl (C=O) groups excluding carboxylic acids is 2. The lowest BCUT2D eigenvalue weighted by atomic mass is 10.1. The lowest BCUT2D eigenvalue weighted by Gasteiger charge is -2.17. The maximum absolute atomic E-state index is 14.1. The van der Waals surface area contributed by atoms with Gasteiger partial charge in [0.25, 0.3) is 5.91 Å². The highest BCUT2D eigenvalue weighted by Crippen LogP contribution is 2.27. The second kappa shape index (κ2) is 6.58. The number of halogens is 2. The molecule has 1 saturated heterocycles. The molecule has 2 heterocycles. The van der Waals surface area contributed by atoms with Crippen molar-refractivity contribution in [3.8, 4) is 0 Å². The fraction of sp³-hybridized carbons (Fsp3) is 0.375. The normalized spacial score (nSPS) is 14.8. The largest absolute Gasteiger partial charge is 0.367 e. The van der Waals surface area contributed by atoms with Gasteiger partial charge in [-0.2, -0.15) is 8.78 Å². The third-order valence-electron chi connectivity index (χ3n) is 4.10. The molecule has 1 aromatic carbocycles. The monoisotopic (exact) mass is 349 g/mol. The standard InChI is InChI=1S/C16H17F2N5O2/c1-22-13(10-20-21-22)16(17,18)15(25)19-9-11-4-6-12(7-5-11)23-8-2-3-14(23)24/h4-7,10H,2-3,8-9H2,1H3,(H,19,25). The molecule has 1 aliphatic heterocycles. The van der Waals surface area contributed by atoms with E-state index in [9.17, 15) is 18.4 Å². The van der Waals surface area contributed by atoms with Gasteiger partial charge in [0, 0.05) is 32.2 Å². The van der Waals surface area contributed by atoms with Crippen LogP contribution in [0.4, 0.5) is 14.5 Å². The molecular weight excluding hydrogens is 332 g/mol. The number of nitrogens with zero attached hydrogens (tertiary/aromatic N) is 4. The SMILES string of the molecule is Cn1nncc1C(F)(F)C(=O)NCc1ccc(N2CCCC2=O)cc1. The molecule has 3 rings (SSSR count). The Labute approximate surface area is 142 Å². The van der Waals surface area contributed by atoms with Gasteiger partial charge in [0.2, 0.25) is 5.91 Å². The first kappa shape index (κ1) is 17.0. The molecule has 9 heteroatoms. The van der Waals surface area contributed by atoms with Gasteiger partial charge in [-0.15, -0.1) is 5.10 Å². The summed E-state index contributed by atoms with van der Waals surface area (Å²) in [6, 6.07) is 6.89. The Morgan fingerprint density at radius 2 is 2.04 bits per heavy atom. The molecule has 0 radical (unpaired) electrons. The minimum absolute atomic E-state index is 0.0477. The highest BCUT2D eigenvalue weighted by atomic mass is 19.3. The molecule has 7 nitrogen and oxygen atoms in total. The highest BCUT2D eigenvalue weighted by Gasteiger charge is 2.43. The van der Waals surface area contributed by atoms with E-state index >= 15 is 0 Å². The summed E-state index contributed by atoms with van der Waals surface area (Å²) in [7, 11) is 1.29. The molecule has 1 fully saturated rings. The zero-order chi connectivity index (χ0) is 18.0. The number of nitrogens with one attached hydrogen (secondary N) is 1. The van der Waals surface area contributed by atoms with E-state index < -0.39 is 17.5 Å². The van der Waals surface area contributed by atoms with Gasteiger partial charge < -0.3 is 10.2 Å². The van der Waals surface area contributed by atoms with Crippen molar-refractivity contribution in [2.45, 2.75) is 25.3 Å². The first-order valence-electron chi connectivity index (χ1n) is 7.80. The van der Waals surface area contributed by atoms with Crippen molar-refractivity contribution < 1.29 is 18.4 Å². The van der Waals surface area contributed by atoms with Gasteiger partial charge in [-0.25, -0.2) is 4.68 Å². The van der Waals surface area contributed by atoms with E-state index in [2.05, 4.69) is 15.6 Å². The molecule has 25 heavy (non-hydrogen) atoms. The van der Waals surface area contributed by atoms with Crippen LogP contribution < -0.4 is 10.2 Å². The van der Waals surface area contributed by atoms with E-state index in [4.69, 9.17) is 0 Å². The number of hydrogen-bond acceptors (Lipinski definition) is 4. The first-order valence-corrected chi connectivity index (χ1v) is 7.80. The molecular formula is C16H17F2N5O2. The molecule has 2 aromatic rings. The van der Waals surface area contributed by atoms with Crippen LogP contribution in [0.2, 0.25) is 0 Å². The van der Waals surface area contributed by atoms with E-state index in [0.29, 0.717) is 18.5 Å². The Bertz CT molecular complexity index is 788. The average molecular weight is 349 g/mol. The minimum Gasteiger partial charge on any atom is -0.346 e. The van der Waals surface area contributed by atoms with Crippen molar-refractivity contribution in [1.82, 2.24) is 20.3 Å². The number of anilines is 1. The van der Waals surface area contributed by atoms with Crippen molar-refractivity contribution >= 4 is 17.5 Å². The summed E-state index contributed by atoms with van der Waals surface area (Å²) < 4.78 is 29.1. The van der Waals surface area contributed by atoms with Gasteiger partial charge >= 0.3 is 5.92 Å². The maximum Gasteiger partial charge on any atom is 0.367 e. The summed E-state index contributed by atoms with van der Waals surface area (Å²) in [5.74, 6) is -5.07. The molecule has 132 valence electrons. The zero-order valence-corrected chi connectivity index (χ0v) is 13.6. The summed E-state index contributed by atoms with van der Waals surface area (Å²) in [5.41, 5.74) is 0.847. The van der Waals surface area contributed by atoms with Crippen LogP contribution in [0, 0.1) is 0 Å². The second-order valence-corrected chi connectivity index (χ2v) is 5.82. The van der Waals surface area contributed by atoms with Gasteiger partial charge in [0.15, 0.2) is 0 Å². The number of aryl methyl sites for hydroxylation is 1. The summed E-state index contributed by atoms with van der Waals surface area (Å²) in [6.45, 7) is 0.633. The number of rotatable bonds is 5. The number of amides is 2. The first-order chi connectivity index (χ1) is 11.9. The third-order valence-corrected chi connectivity index (χ3v) is 4.10. The van der Waals surface area contributed by atoms with Crippen molar-refractivity contribution in [2.75, 3.05) is 11.4 Å². The van der Waals surface area contributed by atoms with Crippen LogP contribution in [-0.2, 0) is 29.1 Å². The number of alkyl halides is 2. The van der Waals surface area contributed by atoms with Crippen LogP contribution in [0.25, 0.3) is 0 Å². The number of hydrogen-bond donors (Lipinski definition) is 1. The van der Waals surface area contributed by atoms with Gasteiger partial charge in [-0.3, -0.25) is 9.59 Å². The number of carbonyl (C=O) groups is 2. The van der Waals surface area contributed by atoms with Crippen molar-refractivity contribution in [3.63, 3.8) is 0 Å². The van der Waals surface area contributed by atoms with Crippen LogP contribution in [0.5, 0.6) is 0 Å². The average Bonchev–Trinajstić information content (AvgIpc) is 3.21. The lowest BCUT2D eigenvalue weighted by Crippen LogP contribution is -2.39. The molecule has 0 unspecified atom stereocenters. The van der Waals surface area contributed by atoms with Crippen LogP contribution >= 0.6 is 0 Å². The van der Waals surface area contributed by atoms with Crippen LogP contribution in [0.3, 0.4) is 0 Å². The molecule has 1 N–H and O–H groups in total. The van der Waals surface area contributed by atoms with Crippen molar-refractivity contribution in [3.05, 3.63) is 41.7 Å². The Balaban J connectivity index is 1.62. The van der Waals surface area contributed by atoms with Gasteiger partial charge in [-0.05, 0) is 24.1 Å². The maximum atomic E-state index is 14.1. The number of benzene rings is 1. The van der Waals surface area contributed by atoms with Gasteiger partial charge in [0.05, 0.1) is 6.20 Å². The molecule has 0 saturated carbocycles. The molecule has 1 aliphatic rings. The van der Waals surface area contributed by atoms with Gasteiger partial charge in [-0.1, -0.05) is 17.3 Å². The predicted molar refractivity (Wildman–Crippen MR) is 84.8 cm³/mol. The van der Waals surface area contributed by atoms with E-state index in [1.54, 1.807) is 29.2 Å². The Kier molecular flexibility index (Phi) is 4.47. The third kappa shape index (κ3) is 3.35. The number of aromatic nitrogens is 3. The highest BCUT2D eigenvalue weighted by molar-refractivity contribution is 5.95. The molecule has 0 atom stereocenters. The molecule has 2 amide bonds. The van der Waals surface area contributed by atoms with Crippen LogP contribution in [0.15, 0.2) is 30.5 Å². The Morgan fingerprint density at radius 1 is 1.32 bits per heavy atom. The van der Waals surface area contributed by atoms with Crippen LogP contribution in [0.1, 0.15) is 24.1 Å². The predicted octanol–water partition coefficient (Wildman–Crippen LogP) is 1.35. The fourth-order valence-corrected chi connectivity index (χ4v) is 2.70. The second-order valence-electron chi connectivity index (χ2n) is 5.82. The minimum atomic E-state index is -3.72. The van der Waals surface area contributed by atoms with Crippen molar-refractivity contribution in [2.24, 2.45) is 7.05 Å². The zero-order valence-electron chi connectivity index (χ0n) is 13.6. The molecule has 0 bridgehead atoms. The summed E-state index contributed by atoms with van der Waals surface area (Å²) in [4.78, 5) is 25.2. The molecule has 0 aliphatic carbocycles. The van der Waals surface area contributed by atoms with Crippen LogP contribution in [-0.4, -0.2) is 33.4 Å². The summed E-state index contributed by atoms with van der Waals surface area (Å²) >= 11 is 0. The van der Waals surface area contributed by atoms with E-state index in [1.165, 1.54) is 7.05 Å². The lowest BCUT2D eigenvalue weighted by molar-refractivity contribution is -0.148. The molecule has 1 aromatic heterocycles. The fourth-order valence-electron chi connectivity index (χ4n) is 2.70. The summed E-state index contributed by atoms with van der Waals surface area (Å²) in [5, 5.41) is 8.99. The quantitative estimate of drug-likeness (QED) is 0.884. The Hall–Kier alpha value is -2.84. The van der Waals surface area contributed by atoms with E-state index in [-0.39, 0.29) is 12.5 Å². The van der Waals surface area contributed by atoms with Crippen molar-refractivity contribution in [1.29, 1.82) is 0 Å². The molecule has 0 spiro atoms. The Morgan fingerprint density at radius 3 is 2.60 bits per heavy atom. The smallest absolute Gasteiger partial charge is 0.346 e. The van der Waals surface area contributed by atoms with Gasteiger partial charge in [0.1, 0.15) is 5.69 Å². The topological polar surface area (TPSA) is 80.1 Å². The summed E-state index contributed by atoms with van der Waals surface area (Å²) in [6.07, 6.45) is 2.23.